The average molecular weight is 316 g/mol. The van der Waals surface area contributed by atoms with Crippen molar-refractivity contribution in [1.29, 1.82) is 0 Å². The quantitative estimate of drug-likeness (QED) is 0.765. The summed E-state index contributed by atoms with van der Waals surface area (Å²) < 4.78 is 0. The van der Waals surface area contributed by atoms with Crippen LogP contribution in [0.25, 0.3) is 0 Å². The van der Waals surface area contributed by atoms with E-state index in [1.807, 2.05) is 6.92 Å². The van der Waals surface area contributed by atoms with Crippen LogP contribution in [0.3, 0.4) is 0 Å². The molecule has 0 saturated heterocycles. The summed E-state index contributed by atoms with van der Waals surface area (Å²) in [4.78, 5) is 0. The van der Waals surface area contributed by atoms with E-state index in [9.17, 15) is 10.2 Å². The standard InChI is InChI=1S/C21H32O2/c1-13(22)17-6-7-18-16-5-4-14-12-15(23)8-10-20(14,2)19(16)9-11-21(17,18)3/h4-5,12-13,15-19,22-23H,6-11H2,1-3H3/t13-,15+,16-,17?,18-,19-,20-,21+/m0/s1. The molecule has 2 fully saturated rings. The molecular formula is C21H32O2. The Labute approximate surface area is 140 Å². The molecule has 0 spiro atoms. The minimum Gasteiger partial charge on any atom is -0.393 e. The molecule has 0 bridgehead atoms. The molecule has 4 aliphatic carbocycles. The summed E-state index contributed by atoms with van der Waals surface area (Å²) in [6.45, 7) is 6.88. The van der Waals surface area contributed by atoms with Gasteiger partial charge in [-0.25, -0.2) is 0 Å². The van der Waals surface area contributed by atoms with Crippen LogP contribution in [0.1, 0.15) is 59.3 Å². The van der Waals surface area contributed by atoms with Crippen LogP contribution in [0.5, 0.6) is 0 Å². The molecule has 0 aromatic heterocycles. The molecule has 23 heavy (non-hydrogen) atoms. The largest absolute Gasteiger partial charge is 0.393 e. The van der Waals surface area contributed by atoms with Crippen LogP contribution in [-0.4, -0.2) is 22.4 Å². The van der Waals surface area contributed by atoms with Crippen LogP contribution in [0.2, 0.25) is 0 Å². The number of rotatable bonds is 1. The zero-order chi connectivity index (χ0) is 16.4. The van der Waals surface area contributed by atoms with Crippen molar-refractivity contribution in [1.82, 2.24) is 0 Å². The van der Waals surface area contributed by atoms with Gasteiger partial charge in [0.05, 0.1) is 12.2 Å². The number of hydrogen-bond donors (Lipinski definition) is 2. The Balaban J connectivity index is 1.70. The van der Waals surface area contributed by atoms with Crippen molar-refractivity contribution in [2.24, 2.45) is 34.5 Å². The fraction of sp³-hybridized carbons (Fsp3) is 0.810. The highest BCUT2D eigenvalue weighted by molar-refractivity contribution is 5.36. The Morgan fingerprint density at radius 2 is 1.87 bits per heavy atom. The monoisotopic (exact) mass is 316 g/mol. The molecular weight excluding hydrogens is 284 g/mol. The van der Waals surface area contributed by atoms with E-state index in [2.05, 4.69) is 32.1 Å². The van der Waals surface area contributed by atoms with E-state index >= 15 is 0 Å². The van der Waals surface area contributed by atoms with E-state index in [0.29, 0.717) is 17.3 Å². The third-order valence-electron chi connectivity index (χ3n) is 8.30. The molecule has 0 heterocycles. The summed E-state index contributed by atoms with van der Waals surface area (Å²) >= 11 is 0. The Bertz CT molecular complexity index is 548. The summed E-state index contributed by atoms with van der Waals surface area (Å²) in [5.74, 6) is 2.58. The third-order valence-corrected chi connectivity index (χ3v) is 8.30. The molecule has 4 aliphatic rings. The highest BCUT2D eigenvalue weighted by Crippen LogP contribution is 2.65. The second-order valence-corrected chi connectivity index (χ2v) is 9.26. The van der Waals surface area contributed by atoms with Crippen molar-refractivity contribution >= 4 is 0 Å². The minimum absolute atomic E-state index is 0.176. The number of aliphatic hydroxyl groups excluding tert-OH is 2. The molecule has 128 valence electrons. The first-order chi connectivity index (χ1) is 10.9. The molecule has 8 atom stereocenters. The van der Waals surface area contributed by atoms with Gasteiger partial charge in [-0.3, -0.25) is 0 Å². The second kappa shape index (κ2) is 5.20. The van der Waals surface area contributed by atoms with Gasteiger partial charge in [0.15, 0.2) is 0 Å². The lowest BCUT2D eigenvalue weighted by Gasteiger charge is -2.56. The maximum absolute atomic E-state index is 10.3. The molecule has 0 aromatic carbocycles. The number of hydrogen-bond acceptors (Lipinski definition) is 2. The summed E-state index contributed by atoms with van der Waals surface area (Å²) in [6, 6.07) is 0. The third kappa shape index (κ3) is 2.14. The predicted molar refractivity (Wildman–Crippen MR) is 92.8 cm³/mol. The summed E-state index contributed by atoms with van der Waals surface area (Å²) in [5.41, 5.74) is 1.94. The normalized spacial score (nSPS) is 53.1. The van der Waals surface area contributed by atoms with Crippen LogP contribution >= 0.6 is 0 Å². The highest BCUT2D eigenvalue weighted by Gasteiger charge is 2.58. The van der Waals surface area contributed by atoms with E-state index < -0.39 is 0 Å². The van der Waals surface area contributed by atoms with Gasteiger partial charge in [0.1, 0.15) is 0 Å². The smallest absolute Gasteiger partial charge is 0.0727 e. The average Bonchev–Trinajstić information content (AvgIpc) is 2.85. The molecule has 2 nitrogen and oxygen atoms in total. The molecule has 1 unspecified atom stereocenters. The van der Waals surface area contributed by atoms with E-state index in [0.717, 1.165) is 24.7 Å². The predicted octanol–water partition coefficient (Wildman–Crippen LogP) is 4.08. The Hall–Kier alpha value is -0.600. The molecule has 0 aromatic rings. The van der Waals surface area contributed by atoms with Crippen molar-refractivity contribution in [2.45, 2.75) is 71.5 Å². The molecule has 0 radical (unpaired) electrons. The van der Waals surface area contributed by atoms with Gasteiger partial charge in [-0.15, -0.1) is 0 Å². The summed E-state index contributed by atoms with van der Waals surface area (Å²) in [6.07, 6.45) is 13.5. The van der Waals surface area contributed by atoms with Crippen molar-refractivity contribution < 1.29 is 10.2 Å². The lowest BCUT2D eigenvalue weighted by molar-refractivity contribution is -0.0453. The van der Waals surface area contributed by atoms with Gasteiger partial charge < -0.3 is 10.2 Å². The van der Waals surface area contributed by atoms with Crippen LogP contribution in [0.4, 0.5) is 0 Å². The molecule has 4 rings (SSSR count). The lowest BCUT2D eigenvalue weighted by Crippen LogP contribution is -2.50. The van der Waals surface area contributed by atoms with E-state index in [1.165, 1.54) is 31.3 Å². The summed E-state index contributed by atoms with van der Waals surface area (Å²) in [5, 5.41) is 20.3. The number of allylic oxidation sites excluding steroid dienone is 3. The Morgan fingerprint density at radius 3 is 2.61 bits per heavy atom. The number of aliphatic hydroxyl groups is 2. The molecule has 0 amide bonds. The molecule has 0 aliphatic heterocycles. The van der Waals surface area contributed by atoms with Crippen LogP contribution in [0, 0.1) is 34.5 Å². The van der Waals surface area contributed by atoms with E-state index in [1.54, 1.807) is 0 Å². The molecule has 2 heteroatoms. The zero-order valence-corrected chi connectivity index (χ0v) is 14.8. The number of fused-ring (bicyclic) bond motifs is 5. The molecule has 2 saturated carbocycles. The van der Waals surface area contributed by atoms with Gasteiger partial charge >= 0.3 is 0 Å². The molecule has 2 N–H and O–H groups in total. The zero-order valence-electron chi connectivity index (χ0n) is 14.8. The van der Waals surface area contributed by atoms with Gasteiger partial charge in [0.25, 0.3) is 0 Å². The maximum Gasteiger partial charge on any atom is 0.0727 e. The highest BCUT2D eigenvalue weighted by atomic mass is 16.3. The van der Waals surface area contributed by atoms with Crippen LogP contribution in [-0.2, 0) is 0 Å². The van der Waals surface area contributed by atoms with Crippen LogP contribution in [0.15, 0.2) is 23.8 Å². The lowest BCUT2D eigenvalue weighted by atomic mass is 9.48. The summed E-state index contributed by atoms with van der Waals surface area (Å²) in [7, 11) is 0. The van der Waals surface area contributed by atoms with Crippen LogP contribution < -0.4 is 0 Å². The first kappa shape index (κ1) is 15.9. The van der Waals surface area contributed by atoms with Gasteiger partial charge in [-0.05, 0) is 85.5 Å². The van der Waals surface area contributed by atoms with Gasteiger partial charge in [-0.2, -0.15) is 0 Å². The fourth-order valence-electron chi connectivity index (χ4n) is 6.97. The minimum atomic E-state index is -0.251. The maximum atomic E-state index is 10.3. The topological polar surface area (TPSA) is 40.5 Å². The van der Waals surface area contributed by atoms with Gasteiger partial charge in [-0.1, -0.05) is 32.1 Å². The fourth-order valence-corrected chi connectivity index (χ4v) is 6.97. The van der Waals surface area contributed by atoms with Gasteiger partial charge in [0, 0.05) is 0 Å². The Morgan fingerprint density at radius 1 is 1.09 bits per heavy atom. The van der Waals surface area contributed by atoms with Crippen molar-refractivity contribution in [2.75, 3.05) is 0 Å². The van der Waals surface area contributed by atoms with Crippen molar-refractivity contribution in [3.05, 3.63) is 23.8 Å². The first-order valence-electron chi connectivity index (χ1n) is 9.63. The Kier molecular flexibility index (Phi) is 3.59. The first-order valence-corrected chi connectivity index (χ1v) is 9.63. The van der Waals surface area contributed by atoms with E-state index in [-0.39, 0.29) is 17.6 Å². The van der Waals surface area contributed by atoms with Crippen molar-refractivity contribution in [3.8, 4) is 0 Å². The SMILES string of the molecule is C[C@H](O)C1CC[C@H]2[C@@H]3C=CC4=C[C@H](O)CC[C@]4(C)[C@H]3CC[C@]12C. The van der Waals surface area contributed by atoms with E-state index in [4.69, 9.17) is 0 Å². The van der Waals surface area contributed by atoms with Crippen molar-refractivity contribution in [3.63, 3.8) is 0 Å². The van der Waals surface area contributed by atoms with Gasteiger partial charge in [0.2, 0.25) is 0 Å². The second-order valence-electron chi connectivity index (χ2n) is 9.26.